The molecule has 0 atom stereocenters. The van der Waals surface area contributed by atoms with Crippen molar-refractivity contribution in [1.29, 1.82) is 0 Å². The maximum absolute atomic E-state index is 14.2. The fraction of sp³-hybridized carbons (Fsp3) is 0.176. The van der Waals surface area contributed by atoms with Gasteiger partial charge in [0, 0.05) is 16.0 Å². The molecule has 2 aromatic carbocycles. The van der Waals surface area contributed by atoms with E-state index in [0.717, 1.165) is 0 Å². The lowest BCUT2D eigenvalue weighted by atomic mass is 10.1. The number of fused-ring (bicyclic) bond motifs is 1. The Morgan fingerprint density at radius 1 is 1.21 bits per heavy atom. The molecule has 24 heavy (non-hydrogen) atoms. The van der Waals surface area contributed by atoms with Crippen LogP contribution in [0.5, 0.6) is 0 Å². The summed E-state index contributed by atoms with van der Waals surface area (Å²) in [5.74, 6) is -0.472. The Hall–Kier alpha value is -1.97. The van der Waals surface area contributed by atoms with Crippen molar-refractivity contribution in [3.05, 3.63) is 63.8 Å². The molecule has 1 aromatic heterocycles. The first-order chi connectivity index (χ1) is 11.3. The molecule has 4 nitrogen and oxygen atoms in total. The standard InChI is InChI=1S/C17H15ClFN2O2P/c1-24(2,23)10-21-15-8-7-11(18)9-13(15)16(20-17(21)22)12-5-3-4-6-14(12)19/h3-9H,10H2,1-2H3. The molecule has 3 rings (SSSR count). The SMILES string of the molecule is CP(C)(=O)Cn1c(=O)nc(-c2ccccc2F)c2cc(Cl)ccc21. The zero-order valence-corrected chi connectivity index (χ0v) is 14.8. The molecule has 1 heterocycles. The minimum absolute atomic E-state index is 0.0640. The van der Waals surface area contributed by atoms with E-state index in [4.69, 9.17) is 11.6 Å². The molecule has 0 N–H and O–H groups in total. The largest absolute Gasteiger partial charge is 0.349 e. The third-order valence-corrected chi connectivity index (χ3v) is 4.75. The van der Waals surface area contributed by atoms with E-state index in [1.807, 2.05) is 0 Å². The highest BCUT2D eigenvalue weighted by Crippen LogP contribution is 2.39. The van der Waals surface area contributed by atoms with E-state index in [1.54, 1.807) is 49.7 Å². The second-order valence-corrected chi connectivity index (χ2v) is 9.89. The quantitative estimate of drug-likeness (QED) is 0.646. The zero-order chi connectivity index (χ0) is 17.5. The van der Waals surface area contributed by atoms with E-state index < -0.39 is 18.6 Å². The van der Waals surface area contributed by atoms with Gasteiger partial charge in [-0.15, -0.1) is 0 Å². The lowest BCUT2D eigenvalue weighted by Gasteiger charge is -2.15. The second kappa shape index (κ2) is 6.15. The molecule has 0 saturated carbocycles. The average Bonchev–Trinajstić information content (AvgIpc) is 2.49. The van der Waals surface area contributed by atoms with Gasteiger partial charge in [0.2, 0.25) is 0 Å². The van der Waals surface area contributed by atoms with Crippen molar-refractivity contribution < 1.29 is 8.96 Å². The van der Waals surface area contributed by atoms with E-state index in [0.29, 0.717) is 15.9 Å². The Bertz CT molecular complexity index is 1040. The summed E-state index contributed by atoms with van der Waals surface area (Å²) in [5.41, 5.74) is 0.424. The van der Waals surface area contributed by atoms with Gasteiger partial charge in [-0.25, -0.2) is 9.18 Å². The molecule has 0 amide bonds. The van der Waals surface area contributed by atoms with Gasteiger partial charge in [0.05, 0.1) is 17.5 Å². The number of hydrogen-bond acceptors (Lipinski definition) is 3. The summed E-state index contributed by atoms with van der Waals surface area (Å²) in [6, 6.07) is 11.1. The van der Waals surface area contributed by atoms with E-state index >= 15 is 0 Å². The first-order valence-corrected chi connectivity index (χ1v) is 10.4. The third kappa shape index (κ3) is 3.28. The molecular formula is C17H15ClFN2O2P. The predicted molar refractivity (Wildman–Crippen MR) is 95.9 cm³/mol. The van der Waals surface area contributed by atoms with Crippen LogP contribution in [0, 0.1) is 5.82 Å². The normalized spacial score (nSPS) is 11.8. The molecular weight excluding hydrogens is 350 g/mol. The van der Waals surface area contributed by atoms with Gasteiger partial charge in [-0.3, -0.25) is 4.57 Å². The molecule has 0 bridgehead atoms. The Morgan fingerprint density at radius 3 is 2.58 bits per heavy atom. The molecule has 0 spiro atoms. The predicted octanol–water partition coefficient (Wildman–Crippen LogP) is 4.44. The molecule has 0 aliphatic rings. The fourth-order valence-corrected chi connectivity index (χ4v) is 3.71. The Morgan fingerprint density at radius 2 is 1.92 bits per heavy atom. The lowest BCUT2D eigenvalue weighted by molar-refractivity contribution is 0.573. The van der Waals surface area contributed by atoms with E-state index in [-0.39, 0.29) is 17.5 Å². The summed E-state index contributed by atoms with van der Waals surface area (Å²) in [6.45, 7) is 3.21. The van der Waals surface area contributed by atoms with Crippen molar-refractivity contribution in [1.82, 2.24) is 9.55 Å². The molecule has 7 heteroatoms. The zero-order valence-electron chi connectivity index (χ0n) is 13.2. The molecule has 0 unspecified atom stereocenters. The maximum Gasteiger partial charge on any atom is 0.349 e. The van der Waals surface area contributed by atoms with Crippen LogP contribution in [-0.2, 0) is 10.9 Å². The van der Waals surface area contributed by atoms with Crippen LogP contribution < -0.4 is 5.69 Å². The molecule has 0 radical (unpaired) electrons. The van der Waals surface area contributed by atoms with Gasteiger partial charge < -0.3 is 4.57 Å². The summed E-state index contributed by atoms with van der Waals surface area (Å²) in [7, 11) is -2.51. The summed E-state index contributed by atoms with van der Waals surface area (Å²) in [5, 5.41) is 0.990. The van der Waals surface area contributed by atoms with Crippen molar-refractivity contribution in [3.8, 4) is 11.3 Å². The number of aromatic nitrogens is 2. The van der Waals surface area contributed by atoms with Crippen molar-refractivity contribution in [3.63, 3.8) is 0 Å². The minimum Gasteiger partial charge on any atom is -0.322 e. The van der Waals surface area contributed by atoms with Crippen molar-refractivity contribution in [2.45, 2.75) is 6.29 Å². The number of benzene rings is 2. The van der Waals surface area contributed by atoms with Gasteiger partial charge >= 0.3 is 5.69 Å². The Labute approximate surface area is 143 Å². The summed E-state index contributed by atoms with van der Waals surface area (Å²) >= 11 is 6.08. The van der Waals surface area contributed by atoms with Gasteiger partial charge in [0.25, 0.3) is 0 Å². The molecule has 0 saturated heterocycles. The second-order valence-electron chi connectivity index (χ2n) is 6.03. The van der Waals surface area contributed by atoms with Gasteiger partial charge in [0.15, 0.2) is 0 Å². The van der Waals surface area contributed by atoms with Crippen LogP contribution in [-0.4, -0.2) is 22.9 Å². The molecule has 124 valence electrons. The van der Waals surface area contributed by atoms with Gasteiger partial charge in [-0.1, -0.05) is 23.7 Å². The minimum atomic E-state index is -2.51. The number of rotatable bonds is 3. The van der Waals surface area contributed by atoms with Crippen LogP contribution in [0.4, 0.5) is 4.39 Å². The average molecular weight is 365 g/mol. The highest BCUT2D eigenvalue weighted by molar-refractivity contribution is 7.61. The highest BCUT2D eigenvalue weighted by Gasteiger charge is 2.18. The maximum atomic E-state index is 14.2. The summed E-state index contributed by atoms with van der Waals surface area (Å²) in [6.07, 6.45) is 0.0640. The Kier molecular flexibility index (Phi) is 4.33. The number of hydrogen-bond donors (Lipinski definition) is 0. The highest BCUT2D eigenvalue weighted by atomic mass is 35.5. The van der Waals surface area contributed by atoms with Crippen LogP contribution in [0.2, 0.25) is 5.02 Å². The van der Waals surface area contributed by atoms with Crippen LogP contribution in [0.1, 0.15) is 0 Å². The molecule has 3 aromatic rings. The summed E-state index contributed by atoms with van der Waals surface area (Å²) < 4.78 is 27.7. The topological polar surface area (TPSA) is 52.0 Å². The van der Waals surface area contributed by atoms with Crippen LogP contribution in [0.3, 0.4) is 0 Å². The number of halogens is 2. The summed E-state index contributed by atoms with van der Waals surface area (Å²) in [4.78, 5) is 16.5. The smallest absolute Gasteiger partial charge is 0.322 e. The number of nitrogens with zero attached hydrogens (tertiary/aromatic N) is 2. The molecule has 0 aliphatic carbocycles. The monoisotopic (exact) mass is 364 g/mol. The van der Waals surface area contributed by atoms with Gasteiger partial charge in [0.1, 0.15) is 13.0 Å². The van der Waals surface area contributed by atoms with Crippen LogP contribution in [0.25, 0.3) is 22.2 Å². The third-order valence-electron chi connectivity index (χ3n) is 3.55. The lowest BCUT2D eigenvalue weighted by Crippen LogP contribution is -2.24. The van der Waals surface area contributed by atoms with Crippen molar-refractivity contribution in [2.75, 3.05) is 13.3 Å². The van der Waals surface area contributed by atoms with Crippen LogP contribution >= 0.6 is 18.7 Å². The van der Waals surface area contributed by atoms with E-state index in [2.05, 4.69) is 4.98 Å². The van der Waals surface area contributed by atoms with Crippen LogP contribution in [0.15, 0.2) is 47.3 Å². The van der Waals surface area contributed by atoms with Crippen molar-refractivity contribution >= 4 is 29.6 Å². The van der Waals surface area contributed by atoms with E-state index in [1.165, 1.54) is 10.6 Å². The van der Waals surface area contributed by atoms with Gasteiger partial charge in [-0.2, -0.15) is 4.98 Å². The molecule has 0 aliphatic heterocycles. The van der Waals surface area contributed by atoms with Gasteiger partial charge in [-0.05, 0) is 43.7 Å². The first kappa shape index (κ1) is 16.9. The Balaban J connectivity index is 2.40. The fourth-order valence-electron chi connectivity index (χ4n) is 2.59. The first-order valence-electron chi connectivity index (χ1n) is 7.25. The van der Waals surface area contributed by atoms with Crippen molar-refractivity contribution in [2.24, 2.45) is 0 Å². The van der Waals surface area contributed by atoms with E-state index in [9.17, 15) is 13.8 Å². The molecule has 0 fully saturated rings.